The maximum Gasteiger partial charge on any atom is 0.162 e. The van der Waals surface area contributed by atoms with Crippen LogP contribution in [0.3, 0.4) is 0 Å². The van der Waals surface area contributed by atoms with Gasteiger partial charge in [0.1, 0.15) is 0 Å². The van der Waals surface area contributed by atoms with Crippen LogP contribution in [0.4, 0.5) is 0 Å². The Morgan fingerprint density at radius 3 is 2.56 bits per heavy atom. The number of rotatable bonds is 2. The van der Waals surface area contributed by atoms with E-state index in [1.54, 1.807) is 6.07 Å². The van der Waals surface area contributed by atoms with E-state index in [4.69, 9.17) is 26.8 Å². The predicted molar refractivity (Wildman–Crippen MR) is 64.3 cm³/mol. The molecule has 1 heterocycles. The lowest BCUT2D eigenvalue weighted by Gasteiger charge is -2.15. The van der Waals surface area contributed by atoms with Crippen molar-refractivity contribution in [1.29, 1.82) is 0 Å². The van der Waals surface area contributed by atoms with Crippen molar-refractivity contribution in [3.05, 3.63) is 22.7 Å². The summed E-state index contributed by atoms with van der Waals surface area (Å²) in [5.74, 6) is 1.47. The number of ether oxygens (including phenoxy) is 2. The zero-order valence-electron chi connectivity index (χ0n) is 9.33. The molecule has 0 amide bonds. The van der Waals surface area contributed by atoms with E-state index < -0.39 is 0 Å². The molecule has 1 aromatic rings. The molecule has 16 heavy (non-hydrogen) atoms. The molecule has 0 aliphatic carbocycles. The SMILES string of the molecule is CCC(N)c1cc2c(cc1Cl)OCCCO2. The van der Waals surface area contributed by atoms with Gasteiger partial charge in [-0.15, -0.1) is 0 Å². The van der Waals surface area contributed by atoms with Gasteiger partial charge in [0.05, 0.1) is 13.2 Å². The number of fused-ring (bicyclic) bond motifs is 1. The highest BCUT2D eigenvalue weighted by Gasteiger charge is 2.16. The quantitative estimate of drug-likeness (QED) is 0.866. The van der Waals surface area contributed by atoms with Crippen molar-refractivity contribution in [2.24, 2.45) is 5.73 Å². The summed E-state index contributed by atoms with van der Waals surface area (Å²) in [5, 5.41) is 0.651. The Morgan fingerprint density at radius 1 is 1.31 bits per heavy atom. The Hall–Kier alpha value is -0.930. The maximum atomic E-state index is 6.17. The monoisotopic (exact) mass is 241 g/mol. The second-order valence-corrected chi connectivity index (χ2v) is 4.29. The third-order valence-electron chi connectivity index (χ3n) is 2.71. The van der Waals surface area contributed by atoms with Crippen LogP contribution in [-0.4, -0.2) is 13.2 Å². The molecule has 2 N–H and O–H groups in total. The lowest BCUT2D eigenvalue weighted by Crippen LogP contribution is -2.09. The molecular weight excluding hydrogens is 226 g/mol. The van der Waals surface area contributed by atoms with Crippen molar-refractivity contribution in [3.63, 3.8) is 0 Å². The standard InChI is InChI=1S/C12H16ClNO2/c1-2-10(14)8-6-11-12(7-9(8)13)16-5-3-4-15-11/h6-7,10H,2-5,14H2,1H3. The third kappa shape index (κ3) is 2.25. The van der Waals surface area contributed by atoms with Crippen LogP contribution in [0.1, 0.15) is 31.4 Å². The average Bonchev–Trinajstić information content (AvgIpc) is 2.51. The molecule has 2 rings (SSSR count). The summed E-state index contributed by atoms with van der Waals surface area (Å²) in [5.41, 5.74) is 6.91. The molecule has 0 fully saturated rings. The van der Waals surface area contributed by atoms with Crippen molar-refractivity contribution in [3.8, 4) is 11.5 Å². The molecule has 0 aromatic heterocycles. The molecule has 0 spiro atoms. The lowest BCUT2D eigenvalue weighted by atomic mass is 10.0. The van der Waals surface area contributed by atoms with Gasteiger partial charge in [0.2, 0.25) is 0 Å². The Morgan fingerprint density at radius 2 is 1.94 bits per heavy atom. The molecule has 0 radical (unpaired) electrons. The zero-order valence-corrected chi connectivity index (χ0v) is 10.1. The highest BCUT2D eigenvalue weighted by molar-refractivity contribution is 6.31. The van der Waals surface area contributed by atoms with E-state index in [1.165, 1.54) is 0 Å². The molecule has 1 aromatic carbocycles. The van der Waals surface area contributed by atoms with Crippen LogP contribution in [-0.2, 0) is 0 Å². The van der Waals surface area contributed by atoms with E-state index in [-0.39, 0.29) is 6.04 Å². The highest BCUT2D eigenvalue weighted by atomic mass is 35.5. The topological polar surface area (TPSA) is 44.5 Å². The molecule has 3 nitrogen and oxygen atoms in total. The van der Waals surface area contributed by atoms with E-state index in [1.807, 2.05) is 13.0 Å². The van der Waals surface area contributed by atoms with Crippen LogP contribution < -0.4 is 15.2 Å². The van der Waals surface area contributed by atoms with E-state index in [9.17, 15) is 0 Å². The van der Waals surface area contributed by atoms with Crippen LogP contribution in [0.2, 0.25) is 5.02 Å². The molecule has 0 saturated heterocycles. The van der Waals surface area contributed by atoms with Gasteiger partial charge in [0, 0.05) is 23.6 Å². The Bertz CT molecular complexity index is 382. The van der Waals surface area contributed by atoms with Gasteiger partial charge in [-0.3, -0.25) is 0 Å². The molecule has 1 aliphatic heterocycles. The molecule has 1 atom stereocenters. The van der Waals surface area contributed by atoms with Gasteiger partial charge in [-0.2, -0.15) is 0 Å². The summed E-state index contributed by atoms with van der Waals surface area (Å²) in [6.07, 6.45) is 1.74. The second-order valence-electron chi connectivity index (χ2n) is 3.89. The number of halogens is 1. The predicted octanol–water partition coefficient (Wildman–Crippen LogP) is 2.91. The van der Waals surface area contributed by atoms with Gasteiger partial charge < -0.3 is 15.2 Å². The first-order valence-corrected chi connectivity index (χ1v) is 5.94. The van der Waals surface area contributed by atoms with Gasteiger partial charge in [-0.1, -0.05) is 18.5 Å². The van der Waals surface area contributed by atoms with Crippen molar-refractivity contribution in [2.75, 3.05) is 13.2 Å². The Balaban J connectivity index is 2.38. The fourth-order valence-electron chi connectivity index (χ4n) is 1.70. The maximum absolute atomic E-state index is 6.17. The first kappa shape index (κ1) is 11.6. The Labute approximate surface area is 100 Å². The number of hydrogen-bond donors (Lipinski definition) is 1. The van der Waals surface area contributed by atoms with Crippen LogP contribution in [0, 0.1) is 0 Å². The highest BCUT2D eigenvalue weighted by Crippen LogP contribution is 2.37. The summed E-state index contributed by atoms with van der Waals surface area (Å²) in [4.78, 5) is 0. The molecule has 4 heteroatoms. The van der Waals surface area contributed by atoms with Crippen molar-refractivity contribution >= 4 is 11.6 Å². The number of nitrogens with two attached hydrogens (primary N) is 1. The minimum Gasteiger partial charge on any atom is -0.490 e. The normalized spacial score (nSPS) is 16.7. The van der Waals surface area contributed by atoms with E-state index in [0.717, 1.165) is 29.9 Å². The van der Waals surface area contributed by atoms with Crippen molar-refractivity contribution in [2.45, 2.75) is 25.8 Å². The fraction of sp³-hybridized carbons (Fsp3) is 0.500. The van der Waals surface area contributed by atoms with Gasteiger partial charge in [0.15, 0.2) is 11.5 Å². The van der Waals surface area contributed by atoms with E-state index in [2.05, 4.69) is 0 Å². The lowest BCUT2D eigenvalue weighted by molar-refractivity contribution is 0.297. The molecule has 1 aliphatic rings. The summed E-state index contributed by atoms with van der Waals surface area (Å²) >= 11 is 6.17. The van der Waals surface area contributed by atoms with Crippen LogP contribution in [0.5, 0.6) is 11.5 Å². The van der Waals surface area contributed by atoms with Gasteiger partial charge in [-0.05, 0) is 18.1 Å². The number of benzene rings is 1. The first-order valence-electron chi connectivity index (χ1n) is 5.57. The average molecular weight is 242 g/mol. The van der Waals surface area contributed by atoms with E-state index >= 15 is 0 Å². The molecule has 0 saturated carbocycles. The van der Waals surface area contributed by atoms with Gasteiger partial charge in [-0.25, -0.2) is 0 Å². The van der Waals surface area contributed by atoms with E-state index in [0.29, 0.717) is 18.2 Å². The molecule has 1 unspecified atom stereocenters. The van der Waals surface area contributed by atoms with Crippen molar-refractivity contribution in [1.82, 2.24) is 0 Å². The summed E-state index contributed by atoms with van der Waals surface area (Å²) in [6, 6.07) is 3.65. The molecule has 88 valence electrons. The van der Waals surface area contributed by atoms with Gasteiger partial charge in [0.25, 0.3) is 0 Å². The minimum atomic E-state index is -0.0512. The van der Waals surface area contributed by atoms with Crippen LogP contribution >= 0.6 is 11.6 Å². The molecule has 0 bridgehead atoms. The smallest absolute Gasteiger partial charge is 0.162 e. The number of hydrogen-bond acceptors (Lipinski definition) is 3. The molecular formula is C12H16ClNO2. The summed E-state index contributed by atoms with van der Waals surface area (Å²) < 4.78 is 11.1. The fourth-order valence-corrected chi connectivity index (χ4v) is 2.00. The third-order valence-corrected chi connectivity index (χ3v) is 3.03. The van der Waals surface area contributed by atoms with Crippen LogP contribution in [0.25, 0.3) is 0 Å². The Kier molecular flexibility index (Phi) is 3.56. The minimum absolute atomic E-state index is 0.0512. The zero-order chi connectivity index (χ0) is 11.5. The van der Waals surface area contributed by atoms with Crippen LogP contribution in [0.15, 0.2) is 12.1 Å². The van der Waals surface area contributed by atoms with Gasteiger partial charge >= 0.3 is 0 Å². The summed E-state index contributed by atoms with van der Waals surface area (Å²) in [7, 11) is 0. The summed E-state index contributed by atoms with van der Waals surface area (Å²) in [6.45, 7) is 3.38. The first-order chi connectivity index (χ1) is 7.72. The largest absolute Gasteiger partial charge is 0.490 e. The van der Waals surface area contributed by atoms with Crippen molar-refractivity contribution < 1.29 is 9.47 Å². The second kappa shape index (κ2) is 4.93.